The molecule has 1 aromatic rings. The van der Waals surface area contributed by atoms with Crippen molar-refractivity contribution in [3.05, 3.63) is 28.2 Å². The monoisotopic (exact) mass is 447 g/mol. The maximum absolute atomic E-state index is 12.9. The lowest BCUT2D eigenvalue weighted by molar-refractivity contribution is -0.136. The molecule has 2 aliphatic heterocycles. The predicted molar refractivity (Wildman–Crippen MR) is 111 cm³/mol. The molecular formula is C19H27Cl2N3O3S. The van der Waals surface area contributed by atoms with Crippen LogP contribution in [0.5, 0.6) is 0 Å². The first-order chi connectivity index (χ1) is 13.3. The fraction of sp³-hybridized carbons (Fsp3) is 0.632. The minimum atomic E-state index is -3.71. The van der Waals surface area contributed by atoms with Crippen molar-refractivity contribution < 1.29 is 13.2 Å². The highest BCUT2D eigenvalue weighted by Gasteiger charge is 2.32. The number of carbonyl (C=O) groups excluding carboxylic acids is 1. The molecule has 0 bridgehead atoms. The van der Waals surface area contributed by atoms with E-state index in [2.05, 4.69) is 6.92 Å². The summed E-state index contributed by atoms with van der Waals surface area (Å²) in [4.78, 5) is 16.8. The molecule has 0 aliphatic carbocycles. The van der Waals surface area contributed by atoms with E-state index in [-0.39, 0.29) is 15.8 Å². The maximum atomic E-state index is 12.9. The van der Waals surface area contributed by atoms with Gasteiger partial charge in [0.2, 0.25) is 15.9 Å². The van der Waals surface area contributed by atoms with Gasteiger partial charge in [0, 0.05) is 43.8 Å². The van der Waals surface area contributed by atoms with Gasteiger partial charge in [-0.1, -0.05) is 30.1 Å². The topological polar surface area (TPSA) is 60.9 Å². The summed E-state index contributed by atoms with van der Waals surface area (Å²) in [7, 11) is -3.71. The van der Waals surface area contributed by atoms with Crippen LogP contribution in [-0.4, -0.2) is 73.7 Å². The van der Waals surface area contributed by atoms with Crippen LogP contribution in [-0.2, 0) is 14.8 Å². The first-order valence-electron chi connectivity index (χ1n) is 9.80. The summed E-state index contributed by atoms with van der Waals surface area (Å²) in [6.45, 7) is 5.01. The number of nitrogens with zero attached hydrogens (tertiary/aromatic N) is 3. The van der Waals surface area contributed by atoms with Crippen molar-refractivity contribution in [1.29, 1.82) is 0 Å². The molecule has 6 nitrogen and oxygen atoms in total. The van der Waals surface area contributed by atoms with E-state index in [1.807, 2.05) is 9.80 Å². The van der Waals surface area contributed by atoms with Gasteiger partial charge in [-0.3, -0.25) is 9.69 Å². The van der Waals surface area contributed by atoms with Crippen molar-refractivity contribution in [3.8, 4) is 0 Å². The third-order valence-electron chi connectivity index (χ3n) is 5.62. The second-order valence-electron chi connectivity index (χ2n) is 7.40. The largest absolute Gasteiger partial charge is 0.339 e. The average molecular weight is 448 g/mol. The van der Waals surface area contributed by atoms with Crippen molar-refractivity contribution in [2.24, 2.45) is 0 Å². The molecule has 156 valence electrons. The number of hydrogen-bond donors (Lipinski definition) is 0. The van der Waals surface area contributed by atoms with Crippen molar-refractivity contribution in [1.82, 2.24) is 14.1 Å². The molecular weight excluding hydrogens is 421 g/mol. The van der Waals surface area contributed by atoms with Crippen molar-refractivity contribution in [3.63, 3.8) is 0 Å². The summed E-state index contributed by atoms with van der Waals surface area (Å²) < 4.78 is 27.2. The van der Waals surface area contributed by atoms with Crippen LogP contribution >= 0.6 is 23.2 Å². The van der Waals surface area contributed by atoms with Crippen molar-refractivity contribution in [2.75, 3.05) is 39.3 Å². The number of hydrogen-bond acceptors (Lipinski definition) is 4. The second-order valence-corrected chi connectivity index (χ2v) is 10.1. The predicted octanol–water partition coefficient (Wildman–Crippen LogP) is 3.09. The maximum Gasteiger partial charge on any atom is 0.244 e. The van der Waals surface area contributed by atoms with Crippen LogP contribution in [0.25, 0.3) is 0 Å². The molecule has 2 fully saturated rings. The van der Waals surface area contributed by atoms with Crippen LogP contribution < -0.4 is 0 Å². The van der Waals surface area contributed by atoms with Crippen LogP contribution in [0.15, 0.2) is 23.1 Å². The summed E-state index contributed by atoms with van der Waals surface area (Å²) in [5, 5.41) is 0.497. The van der Waals surface area contributed by atoms with E-state index >= 15 is 0 Å². The zero-order chi connectivity index (χ0) is 20.3. The number of piperidine rings is 1. The molecule has 1 unspecified atom stereocenters. The highest BCUT2D eigenvalue weighted by Crippen LogP contribution is 2.28. The Morgan fingerprint density at radius 2 is 1.82 bits per heavy atom. The molecule has 0 aromatic heterocycles. The van der Waals surface area contributed by atoms with Gasteiger partial charge in [0.25, 0.3) is 0 Å². The Kier molecular flexibility index (Phi) is 7.26. The highest BCUT2D eigenvalue weighted by molar-refractivity contribution is 7.89. The number of rotatable bonds is 5. The summed E-state index contributed by atoms with van der Waals surface area (Å²) in [6, 6.07) is 4.79. The molecule has 2 saturated heterocycles. The fourth-order valence-corrected chi connectivity index (χ4v) is 6.14. The zero-order valence-corrected chi connectivity index (χ0v) is 18.4. The van der Waals surface area contributed by atoms with Crippen molar-refractivity contribution in [2.45, 2.75) is 43.5 Å². The molecule has 0 N–H and O–H groups in total. The third-order valence-corrected chi connectivity index (χ3v) is 8.24. The highest BCUT2D eigenvalue weighted by atomic mass is 35.5. The van der Waals surface area contributed by atoms with Crippen LogP contribution in [0.2, 0.25) is 10.0 Å². The van der Waals surface area contributed by atoms with Gasteiger partial charge in [-0.05, 0) is 43.9 Å². The molecule has 2 aliphatic rings. The number of piperazine rings is 1. The summed E-state index contributed by atoms with van der Waals surface area (Å²) in [5.41, 5.74) is 0. The molecule has 3 rings (SSSR count). The molecule has 2 heterocycles. The number of halogens is 2. The molecule has 0 spiro atoms. The van der Waals surface area contributed by atoms with Gasteiger partial charge in [-0.2, -0.15) is 4.31 Å². The van der Waals surface area contributed by atoms with Gasteiger partial charge in [-0.15, -0.1) is 0 Å². The van der Waals surface area contributed by atoms with Gasteiger partial charge < -0.3 is 4.90 Å². The number of likely N-dealkylation sites (tertiary alicyclic amines) is 1. The summed E-state index contributed by atoms with van der Waals surface area (Å²) in [5.74, 6) is 0.153. The van der Waals surface area contributed by atoms with E-state index in [4.69, 9.17) is 23.2 Å². The fourth-order valence-electron chi connectivity index (χ4n) is 3.98. The SMILES string of the molecule is CCC1CCCCN1C(=O)CN1CCN(S(=O)(=O)c2cc(Cl)ccc2Cl)CC1. The summed E-state index contributed by atoms with van der Waals surface area (Å²) >= 11 is 12.0. The van der Waals surface area contributed by atoms with Gasteiger partial charge in [0.05, 0.1) is 11.6 Å². The summed E-state index contributed by atoms with van der Waals surface area (Å²) in [6.07, 6.45) is 4.31. The lowest BCUT2D eigenvalue weighted by atomic mass is 10.00. The van der Waals surface area contributed by atoms with Gasteiger partial charge in [0.1, 0.15) is 4.90 Å². The molecule has 9 heteroatoms. The number of amides is 1. The Bertz CT molecular complexity index is 811. The van der Waals surface area contributed by atoms with Crippen LogP contribution in [0.4, 0.5) is 0 Å². The average Bonchev–Trinajstić information content (AvgIpc) is 2.70. The minimum Gasteiger partial charge on any atom is -0.339 e. The quantitative estimate of drug-likeness (QED) is 0.695. The minimum absolute atomic E-state index is 0.0327. The van der Waals surface area contributed by atoms with Gasteiger partial charge in [0.15, 0.2) is 0 Å². The molecule has 0 radical (unpaired) electrons. The standard InChI is InChI=1S/C19H27Cl2N3O3S/c1-2-16-5-3-4-8-24(16)19(25)14-22-9-11-23(12-10-22)28(26,27)18-13-15(20)6-7-17(18)21/h6-7,13,16H,2-5,8-12,14H2,1H3. The van der Waals surface area contributed by atoms with E-state index in [1.165, 1.54) is 22.9 Å². The van der Waals surface area contributed by atoms with E-state index in [1.54, 1.807) is 6.07 Å². The van der Waals surface area contributed by atoms with E-state index in [0.717, 1.165) is 25.8 Å². The molecule has 1 atom stereocenters. The smallest absolute Gasteiger partial charge is 0.244 e. The number of carbonyl (C=O) groups is 1. The Hall–Kier alpha value is -0.860. The van der Waals surface area contributed by atoms with Crippen LogP contribution in [0.1, 0.15) is 32.6 Å². The first-order valence-corrected chi connectivity index (χ1v) is 12.0. The van der Waals surface area contributed by atoms with Crippen molar-refractivity contribution >= 4 is 39.1 Å². The van der Waals surface area contributed by atoms with Gasteiger partial charge >= 0.3 is 0 Å². The number of benzene rings is 1. The lowest BCUT2D eigenvalue weighted by Crippen LogP contribution is -2.53. The second kappa shape index (κ2) is 9.30. The Morgan fingerprint density at radius 1 is 1.11 bits per heavy atom. The molecule has 0 saturated carbocycles. The molecule has 1 amide bonds. The van der Waals surface area contributed by atoms with E-state index in [9.17, 15) is 13.2 Å². The molecule has 28 heavy (non-hydrogen) atoms. The van der Waals surface area contributed by atoms with E-state index < -0.39 is 10.0 Å². The number of sulfonamides is 1. The third kappa shape index (κ3) is 4.82. The molecule has 1 aromatic carbocycles. The Morgan fingerprint density at radius 3 is 2.50 bits per heavy atom. The lowest BCUT2D eigenvalue weighted by Gasteiger charge is -2.38. The van der Waals surface area contributed by atoms with E-state index in [0.29, 0.717) is 43.8 Å². The Labute approximate surface area is 177 Å². The van der Waals surface area contributed by atoms with Gasteiger partial charge in [-0.25, -0.2) is 8.42 Å². The first kappa shape index (κ1) is 21.8. The zero-order valence-electron chi connectivity index (χ0n) is 16.1. The Balaban J connectivity index is 1.59. The normalized spacial score (nSPS) is 22.4. The van der Waals surface area contributed by atoms with Crippen LogP contribution in [0, 0.1) is 0 Å². The van der Waals surface area contributed by atoms with Crippen LogP contribution in [0.3, 0.4) is 0 Å².